The first-order valence-electron chi connectivity index (χ1n) is 10.5. The lowest BCUT2D eigenvalue weighted by atomic mass is 10.0. The molecule has 0 amide bonds. The van der Waals surface area contributed by atoms with Gasteiger partial charge in [0, 0.05) is 18.2 Å². The maximum Gasteiger partial charge on any atom is 0.154 e. The molecule has 1 aliphatic heterocycles. The third kappa shape index (κ3) is 3.13. The van der Waals surface area contributed by atoms with Crippen LogP contribution < -0.4 is 15.2 Å². The standard InChI is InChI=1S/C26H20N4O2/c27-26-25-22(17-6-9-21(10-7-17)32-20-4-2-1-3-5-20)15-28-16-23(25)30(29-26)19-8-11-24-18(14-19)12-13-31-24/h1-11,14-16H,12-13H2,(H2,27,29). The SMILES string of the molecule is Nc1nn(-c2ccc3c(c2)CCO3)c2cncc(-c3ccc(Oc4ccccc4)cc3)c12. The summed E-state index contributed by atoms with van der Waals surface area (Å²) in [5.74, 6) is 2.98. The van der Waals surface area contributed by atoms with Crippen LogP contribution in [0.15, 0.2) is 85.2 Å². The van der Waals surface area contributed by atoms with Crippen LogP contribution in [-0.2, 0) is 6.42 Å². The maximum absolute atomic E-state index is 6.39. The Labute approximate surface area is 184 Å². The van der Waals surface area contributed by atoms with Crippen molar-refractivity contribution in [1.29, 1.82) is 0 Å². The molecule has 0 unspecified atom stereocenters. The van der Waals surface area contributed by atoms with Crippen LogP contribution in [0, 0.1) is 0 Å². The molecule has 2 aromatic heterocycles. The van der Waals surface area contributed by atoms with Crippen molar-refractivity contribution in [1.82, 2.24) is 14.8 Å². The van der Waals surface area contributed by atoms with Gasteiger partial charge < -0.3 is 15.2 Å². The van der Waals surface area contributed by atoms with Crippen LogP contribution in [0.5, 0.6) is 17.2 Å². The lowest BCUT2D eigenvalue weighted by Gasteiger charge is -2.08. The second kappa shape index (κ2) is 7.42. The number of nitrogens with two attached hydrogens (primary N) is 1. The van der Waals surface area contributed by atoms with Crippen LogP contribution in [0.3, 0.4) is 0 Å². The van der Waals surface area contributed by atoms with Crippen LogP contribution >= 0.6 is 0 Å². The fraction of sp³-hybridized carbons (Fsp3) is 0.0769. The number of fused-ring (bicyclic) bond motifs is 2. The highest BCUT2D eigenvalue weighted by atomic mass is 16.5. The topological polar surface area (TPSA) is 75.2 Å². The number of hydrogen-bond acceptors (Lipinski definition) is 5. The molecule has 1 aliphatic rings. The molecule has 3 heterocycles. The Hall–Kier alpha value is -4.32. The van der Waals surface area contributed by atoms with Crippen molar-refractivity contribution in [3.05, 3.63) is 90.8 Å². The van der Waals surface area contributed by atoms with Gasteiger partial charge in [-0.05, 0) is 53.6 Å². The number of pyridine rings is 1. The summed E-state index contributed by atoms with van der Waals surface area (Å²) in [4.78, 5) is 4.48. The molecule has 0 saturated carbocycles. The Balaban J connectivity index is 1.39. The zero-order valence-corrected chi connectivity index (χ0v) is 17.2. The first-order valence-corrected chi connectivity index (χ1v) is 10.5. The van der Waals surface area contributed by atoms with Crippen LogP contribution in [0.2, 0.25) is 0 Å². The minimum Gasteiger partial charge on any atom is -0.493 e. The molecule has 6 heteroatoms. The van der Waals surface area contributed by atoms with E-state index in [1.807, 2.05) is 77.6 Å². The summed E-state index contributed by atoms with van der Waals surface area (Å²) in [6, 6.07) is 23.7. The van der Waals surface area contributed by atoms with Crippen molar-refractivity contribution in [3.8, 4) is 34.1 Å². The molecule has 32 heavy (non-hydrogen) atoms. The number of anilines is 1. The maximum atomic E-state index is 6.39. The smallest absolute Gasteiger partial charge is 0.154 e. The van der Waals surface area contributed by atoms with Crippen molar-refractivity contribution < 1.29 is 9.47 Å². The van der Waals surface area contributed by atoms with Gasteiger partial charge in [0.25, 0.3) is 0 Å². The van der Waals surface area contributed by atoms with Crippen molar-refractivity contribution in [2.75, 3.05) is 12.3 Å². The number of rotatable bonds is 4. The number of benzene rings is 3. The molecule has 0 atom stereocenters. The summed E-state index contributed by atoms with van der Waals surface area (Å²) in [5, 5.41) is 5.52. The highest BCUT2D eigenvalue weighted by Gasteiger charge is 2.18. The third-order valence-electron chi connectivity index (χ3n) is 5.68. The first-order chi connectivity index (χ1) is 15.8. The monoisotopic (exact) mass is 420 g/mol. The summed E-state index contributed by atoms with van der Waals surface area (Å²) in [7, 11) is 0. The van der Waals surface area contributed by atoms with Crippen molar-refractivity contribution in [2.45, 2.75) is 6.42 Å². The Morgan fingerprint density at radius 1 is 0.906 bits per heavy atom. The van der Waals surface area contributed by atoms with E-state index in [-0.39, 0.29) is 0 Å². The van der Waals surface area contributed by atoms with Crippen molar-refractivity contribution >= 4 is 16.7 Å². The third-order valence-corrected chi connectivity index (χ3v) is 5.68. The van der Waals surface area contributed by atoms with Crippen LogP contribution in [0.4, 0.5) is 5.82 Å². The number of nitrogen functional groups attached to an aromatic ring is 1. The summed E-state index contributed by atoms with van der Waals surface area (Å²) in [6.45, 7) is 0.719. The zero-order valence-electron chi connectivity index (χ0n) is 17.2. The Morgan fingerprint density at radius 2 is 1.72 bits per heavy atom. The molecule has 2 N–H and O–H groups in total. The summed E-state index contributed by atoms with van der Waals surface area (Å²) >= 11 is 0. The second-order valence-electron chi connectivity index (χ2n) is 7.71. The molecular weight excluding hydrogens is 400 g/mol. The van der Waals surface area contributed by atoms with E-state index in [9.17, 15) is 0 Å². The molecule has 6 nitrogen and oxygen atoms in total. The quantitative estimate of drug-likeness (QED) is 0.421. The van der Waals surface area contributed by atoms with E-state index in [1.54, 1.807) is 6.20 Å². The van der Waals surface area contributed by atoms with E-state index in [0.29, 0.717) is 5.82 Å². The zero-order chi connectivity index (χ0) is 21.5. The van der Waals surface area contributed by atoms with Crippen molar-refractivity contribution in [3.63, 3.8) is 0 Å². The molecular formula is C26H20N4O2. The predicted molar refractivity (Wildman–Crippen MR) is 124 cm³/mol. The molecule has 0 aliphatic carbocycles. The van der Waals surface area contributed by atoms with E-state index in [0.717, 1.165) is 58.0 Å². The van der Waals surface area contributed by atoms with Gasteiger partial charge in [0.2, 0.25) is 0 Å². The molecule has 0 fully saturated rings. The van der Waals surface area contributed by atoms with Gasteiger partial charge in [0.15, 0.2) is 5.82 Å². The Bertz CT molecular complexity index is 1430. The lowest BCUT2D eigenvalue weighted by molar-refractivity contribution is 0.357. The van der Waals surface area contributed by atoms with Crippen molar-refractivity contribution in [2.24, 2.45) is 0 Å². The highest BCUT2D eigenvalue weighted by molar-refractivity contribution is 6.01. The van der Waals surface area contributed by atoms with Gasteiger partial charge >= 0.3 is 0 Å². The largest absolute Gasteiger partial charge is 0.493 e. The van der Waals surface area contributed by atoms with Gasteiger partial charge in [-0.15, -0.1) is 5.10 Å². The molecule has 5 aromatic rings. The average molecular weight is 420 g/mol. The molecule has 0 bridgehead atoms. The summed E-state index contributed by atoms with van der Waals surface area (Å²) < 4.78 is 13.4. The summed E-state index contributed by atoms with van der Waals surface area (Å²) in [6.07, 6.45) is 4.53. The Morgan fingerprint density at radius 3 is 2.56 bits per heavy atom. The van der Waals surface area contributed by atoms with E-state index in [4.69, 9.17) is 15.2 Å². The molecule has 0 saturated heterocycles. The van der Waals surface area contributed by atoms with E-state index in [2.05, 4.69) is 16.1 Å². The second-order valence-corrected chi connectivity index (χ2v) is 7.71. The average Bonchev–Trinajstić information content (AvgIpc) is 3.44. The number of nitrogens with zero attached hydrogens (tertiary/aromatic N) is 3. The van der Waals surface area contributed by atoms with E-state index >= 15 is 0 Å². The van der Waals surface area contributed by atoms with Crippen LogP contribution in [-0.4, -0.2) is 21.4 Å². The van der Waals surface area contributed by atoms with Gasteiger partial charge in [-0.2, -0.15) is 0 Å². The fourth-order valence-corrected chi connectivity index (χ4v) is 4.14. The van der Waals surface area contributed by atoms with Crippen LogP contribution in [0.25, 0.3) is 27.7 Å². The predicted octanol–water partition coefficient (Wildman–Crippen LogP) is 5.40. The van der Waals surface area contributed by atoms with Crippen LogP contribution in [0.1, 0.15) is 5.56 Å². The van der Waals surface area contributed by atoms with E-state index < -0.39 is 0 Å². The van der Waals surface area contributed by atoms with Gasteiger partial charge in [0.05, 0.1) is 29.4 Å². The fourth-order valence-electron chi connectivity index (χ4n) is 4.14. The molecule has 6 rings (SSSR count). The Kier molecular flexibility index (Phi) is 4.28. The number of ether oxygens (including phenoxy) is 2. The highest BCUT2D eigenvalue weighted by Crippen LogP contribution is 2.35. The van der Waals surface area contributed by atoms with Gasteiger partial charge in [-0.25, -0.2) is 4.68 Å². The molecule has 0 spiro atoms. The van der Waals surface area contributed by atoms with E-state index in [1.165, 1.54) is 5.56 Å². The minimum absolute atomic E-state index is 0.471. The molecule has 0 radical (unpaired) electrons. The minimum atomic E-state index is 0.471. The van der Waals surface area contributed by atoms with Gasteiger partial charge in [0.1, 0.15) is 17.2 Å². The summed E-state index contributed by atoms with van der Waals surface area (Å²) in [5.41, 5.74) is 11.3. The normalized spacial score (nSPS) is 12.5. The van der Waals surface area contributed by atoms with Gasteiger partial charge in [-0.3, -0.25) is 4.98 Å². The number of para-hydroxylation sites is 1. The van der Waals surface area contributed by atoms with Gasteiger partial charge in [-0.1, -0.05) is 30.3 Å². The molecule has 3 aromatic carbocycles. The number of aromatic nitrogens is 3. The first kappa shape index (κ1) is 18.4. The lowest BCUT2D eigenvalue weighted by Crippen LogP contribution is -1.98. The molecule has 156 valence electrons. The number of hydrogen-bond donors (Lipinski definition) is 1.